The highest BCUT2D eigenvalue weighted by atomic mass is 32.2. The average Bonchev–Trinajstić information content (AvgIpc) is 3.98. The second-order valence-electron chi connectivity index (χ2n) is 16.7. The van der Waals surface area contributed by atoms with E-state index in [0.717, 1.165) is 69.9 Å². The number of hydrogen-bond donors (Lipinski definition) is 2. The Labute approximate surface area is 305 Å². The van der Waals surface area contributed by atoms with Gasteiger partial charge in [0.1, 0.15) is 11.4 Å². The van der Waals surface area contributed by atoms with Gasteiger partial charge in [0.15, 0.2) is 0 Å². The Morgan fingerprint density at radius 3 is 2.46 bits per heavy atom. The molecule has 3 unspecified atom stereocenters. The molecule has 4 fully saturated rings. The van der Waals surface area contributed by atoms with E-state index in [1.807, 2.05) is 37.8 Å². The lowest BCUT2D eigenvalue weighted by atomic mass is 9.81. The van der Waals surface area contributed by atoms with Gasteiger partial charge in [0.25, 0.3) is 5.91 Å². The Kier molecular flexibility index (Phi) is 8.22. The van der Waals surface area contributed by atoms with Crippen LogP contribution in [0.1, 0.15) is 99.0 Å². The number of nitrogens with zero attached hydrogens (tertiary/aromatic N) is 3. The molecule has 5 atom stereocenters. The van der Waals surface area contributed by atoms with Crippen molar-refractivity contribution >= 4 is 39.0 Å². The molecule has 0 spiro atoms. The molecule has 1 saturated heterocycles. The van der Waals surface area contributed by atoms with Gasteiger partial charge in [-0.25, -0.2) is 9.52 Å². The predicted molar refractivity (Wildman–Crippen MR) is 196 cm³/mol. The third-order valence-corrected chi connectivity index (χ3v) is 13.4. The SMILES string of the molecule is COc1ccc2c(c1)C1CC1(C(=O)N1C[C@@H](NC(=O)OC(C)(C)C)C3C[C@H]31)Cn1c-2c(C2CCCCC2)c2ccc(C(=O)NS(=O)(=O)N(C)C)cc21. The van der Waals surface area contributed by atoms with Crippen LogP contribution in [0.3, 0.4) is 0 Å². The van der Waals surface area contributed by atoms with Gasteiger partial charge in [0, 0.05) is 67.1 Å². The normalized spacial score (nSPS) is 26.5. The minimum atomic E-state index is -4.01. The molecule has 0 radical (unpaired) electrons. The topological polar surface area (TPSA) is 139 Å². The molecule has 3 aromatic rings. The molecule has 3 heterocycles. The van der Waals surface area contributed by atoms with Crippen molar-refractivity contribution in [3.8, 4) is 17.0 Å². The standard InChI is InChI=1S/C39H49N5O7S/c1-38(2,3)51-37(47)40-30-20-43(32-18-28(30)32)36(46)39-19-29(39)27-17-24(50-6)13-15-25(27)34-33(22-10-8-7-9-11-22)26-14-12-23(16-31(26)44(34)21-39)35(45)41-52(48,49)42(4)5/h12-17,22,28-30,32H,7-11,18-21H2,1-6H3,(H,40,47)(H,41,45)/t28?,29?,30-,32-,39?/m1/s1. The average molecular weight is 732 g/mol. The number of rotatable bonds is 7. The van der Waals surface area contributed by atoms with E-state index in [-0.39, 0.29) is 35.4 Å². The summed E-state index contributed by atoms with van der Waals surface area (Å²) in [5.74, 6) is 0.589. The molecule has 2 aliphatic heterocycles. The smallest absolute Gasteiger partial charge is 0.407 e. The maximum absolute atomic E-state index is 15.0. The third kappa shape index (κ3) is 5.84. The minimum Gasteiger partial charge on any atom is -0.497 e. The maximum atomic E-state index is 15.0. The van der Waals surface area contributed by atoms with Crippen molar-refractivity contribution in [3.63, 3.8) is 0 Å². The molecule has 52 heavy (non-hydrogen) atoms. The molecule has 278 valence electrons. The predicted octanol–water partition coefficient (Wildman–Crippen LogP) is 5.51. The number of fused-ring (bicyclic) bond motifs is 8. The van der Waals surface area contributed by atoms with Crippen LogP contribution in [0, 0.1) is 11.3 Å². The Balaban J connectivity index is 1.23. The van der Waals surface area contributed by atoms with Crippen molar-refractivity contribution in [1.29, 1.82) is 0 Å². The zero-order valence-electron chi connectivity index (χ0n) is 30.8. The highest BCUT2D eigenvalue weighted by Crippen LogP contribution is 2.67. The summed E-state index contributed by atoms with van der Waals surface area (Å²) in [6.07, 6.45) is 6.62. The summed E-state index contributed by atoms with van der Waals surface area (Å²) in [5.41, 5.74) is 4.19. The first kappa shape index (κ1) is 35.0. The van der Waals surface area contributed by atoms with E-state index in [1.165, 1.54) is 26.1 Å². The summed E-state index contributed by atoms with van der Waals surface area (Å²) >= 11 is 0. The number of benzene rings is 2. The lowest BCUT2D eigenvalue weighted by molar-refractivity contribution is -0.137. The molecule has 5 aliphatic rings. The van der Waals surface area contributed by atoms with Crippen LogP contribution in [-0.2, 0) is 26.3 Å². The van der Waals surface area contributed by atoms with Crippen molar-refractivity contribution in [1.82, 2.24) is 23.8 Å². The Bertz CT molecular complexity index is 2100. The number of carbonyl (C=O) groups is 3. The summed E-state index contributed by atoms with van der Waals surface area (Å²) in [4.78, 5) is 43.2. The van der Waals surface area contributed by atoms with E-state index in [0.29, 0.717) is 25.4 Å². The summed E-state index contributed by atoms with van der Waals surface area (Å²) in [7, 11) is 0.399. The quantitative estimate of drug-likeness (QED) is 0.327. The lowest BCUT2D eigenvalue weighted by Crippen LogP contribution is -2.46. The van der Waals surface area contributed by atoms with E-state index < -0.39 is 33.2 Å². The zero-order chi connectivity index (χ0) is 36.9. The Morgan fingerprint density at radius 2 is 1.77 bits per heavy atom. The van der Waals surface area contributed by atoms with Crippen molar-refractivity contribution in [3.05, 3.63) is 53.1 Å². The number of aromatic nitrogens is 1. The number of methoxy groups -OCH3 is 1. The highest BCUT2D eigenvalue weighted by molar-refractivity contribution is 7.87. The summed E-state index contributed by atoms with van der Waals surface area (Å²) < 4.78 is 41.9. The van der Waals surface area contributed by atoms with Gasteiger partial charge >= 0.3 is 16.3 Å². The van der Waals surface area contributed by atoms with Crippen molar-refractivity contribution < 1.29 is 32.3 Å². The van der Waals surface area contributed by atoms with E-state index in [1.54, 1.807) is 19.2 Å². The molecule has 3 aliphatic carbocycles. The van der Waals surface area contributed by atoms with Crippen molar-refractivity contribution in [2.75, 3.05) is 27.7 Å². The fraction of sp³-hybridized carbons (Fsp3) is 0.564. The van der Waals surface area contributed by atoms with Crippen LogP contribution in [0.15, 0.2) is 36.4 Å². The van der Waals surface area contributed by atoms with Gasteiger partial charge in [-0.05, 0) is 93.8 Å². The molecule has 13 heteroatoms. The second-order valence-corrected chi connectivity index (χ2v) is 18.6. The van der Waals surface area contributed by atoms with E-state index in [4.69, 9.17) is 9.47 Å². The molecule has 0 bridgehead atoms. The lowest BCUT2D eigenvalue weighted by Gasteiger charge is -2.28. The van der Waals surface area contributed by atoms with Crippen LogP contribution in [0.4, 0.5) is 4.79 Å². The molecule has 2 aromatic carbocycles. The molecule has 2 N–H and O–H groups in total. The molecule has 3 saturated carbocycles. The number of likely N-dealkylation sites (tertiary alicyclic amines) is 1. The maximum Gasteiger partial charge on any atom is 0.407 e. The molecular weight excluding hydrogens is 683 g/mol. The van der Waals surface area contributed by atoms with Crippen LogP contribution >= 0.6 is 0 Å². The van der Waals surface area contributed by atoms with Crippen LogP contribution in [0.2, 0.25) is 0 Å². The molecule has 3 amide bonds. The van der Waals surface area contributed by atoms with E-state index in [9.17, 15) is 18.0 Å². The fourth-order valence-corrected chi connectivity index (χ4v) is 9.83. The second kappa shape index (κ2) is 12.2. The van der Waals surface area contributed by atoms with Gasteiger partial charge in [-0.3, -0.25) is 9.59 Å². The van der Waals surface area contributed by atoms with Gasteiger partial charge < -0.3 is 24.3 Å². The largest absolute Gasteiger partial charge is 0.497 e. The first-order valence-electron chi connectivity index (χ1n) is 18.5. The van der Waals surface area contributed by atoms with Crippen LogP contribution in [0.5, 0.6) is 5.75 Å². The van der Waals surface area contributed by atoms with E-state index in [2.05, 4.69) is 26.7 Å². The van der Waals surface area contributed by atoms with Gasteiger partial charge in [-0.2, -0.15) is 12.7 Å². The number of nitrogens with one attached hydrogen (secondary N) is 2. The number of piperidine rings is 1. The summed E-state index contributed by atoms with van der Waals surface area (Å²) in [6.45, 7) is 6.36. The molecule has 12 nitrogen and oxygen atoms in total. The monoisotopic (exact) mass is 731 g/mol. The minimum absolute atomic E-state index is 0.0361. The fourth-order valence-electron chi connectivity index (χ4n) is 9.29. The first-order chi connectivity index (χ1) is 24.6. The summed E-state index contributed by atoms with van der Waals surface area (Å²) in [6, 6.07) is 11.6. The van der Waals surface area contributed by atoms with Gasteiger partial charge in [0.05, 0.1) is 24.3 Å². The molecular formula is C39H49N5O7S. The first-order valence-corrected chi connectivity index (χ1v) is 20.0. The Hall–Kier alpha value is -4.10. The number of hydrogen-bond acceptors (Lipinski definition) is 7. The van der Waals surface area contributed by atoms with Crippen molar-refractivity contribution in [2.24, 2.45) is 11.3 Å². The van der Waals surface area contributed by atoms with Gasteiger partial charge in [0.2, 0.25) is 5.91 Å². The van der Waals surface area contributed by atoms with Crippen LogP contribution < -0.4 is 14.8 Å². The zero-order valence-corrected chi connectivity index (χ0v) is 31.6. The number of ether oxygens (including phenoxy) is 2. The third-order valence-electron chi connectivity index (χ3n) is 12.0. The van der Waals surface area contributed by atoms with Gasteiger partial charge in [-0.1, -0.05) is 25.3 Å². The highest BCUT2D eigenvalue weighted by Gasteiger charge is 2.67. The van der Waals surface area contributed by atoms with Gasteiger partial charge in [-0.15, -0.1) is 0 Å². The number of amides is 3. The summed E-state index contributed by atoms with van der Waals surface area (Å²) in [5, 5.41) is 4.07. The molecule has 8 rings (SSSR count). The van der Waals surface area contributed by atoms with Crippen molar-refractivity contribution in [2.45, 2.75) is 102 Å². The number of carbonyl (C=O) groups excluding carboxylic acids is 3. The van der Waals surface area contributed by atoms with E-state index >= 15 is 4.79 Å². The Morgan fingerprint density at radius 1 is 1.02 bits per heavy atom. The van der Waals surface area contributed by atoms with Crippen LogP contribution in [0.25, 0.3) is 22.2 Å². The number of alkyl carbamates (subject to hydrolysis) is 1. The molecule has 1 aromatic heterocycles. The van der Waals surface area contributed by atoms with Crippen LogP contribution in [-0.4, -0.2) is 85.5 Å².